The molecule has 0 unspecified atom stereocenters. The zero-order chi connectivity index (χ0) is 24.2. The number of allylic oxidation sites excluding steroid dienone is 1. The van der Waals surface area contributed by atoms with E-state index in [1.165, 1.54) is 24.3 Å². The van der Waals surface area contributed by atoms with Crippen molar-refractivity contribution in [1.82, 2.24) is 0 Å². The van der Waals surface area contributed by atoms with Gasteiger partial charge in [-0.3, -0.25) is 14.4 Å². The van der Waals surface area contributed by atoms with Crippen molar-refractivity contribution < 1.29 is 24.2 Å². The molecule has 0 amide bonds. The second kappa shape index (κ2) is 8.82. The van der Waals surface area contributed by atoms with Crippen LogP contribution in [0.1, 0.15) is 86.0 Å². The first-order valence-electron chi connectivity index (χ1n) is 12.7. The van der Waals surface area contributed by atoms with Crippen LogP contribution in [-0.4, -0.2) is 39.4 Å². The molecule has 1 N–H and O–H groups in total. The Kier molecular flexibility index (Phi) is 6.67. The number of fused-ring (bicyclic) bond motifs is 5. The monoisotopic (exact) mass is 476 g/mol. The van der Waals surface area contributed by atoms with Crippen LogP contribution in [0.2, 0.25) is 0 Å². The highest BCUT2D eigenvalue weighted by Gasteiger charge is 2.66. The second-order valence-electron chi connectivity index (χ2n) is 11.6. The number of ether oxygens (including phenoxy) is 1. The van der Waals surface area contributed by atoms with Crippen molar-refractivity contribution in [2.45, 2.75) is 96.8 Å². The first-order valence-corrected chi connectivity index (χ1v) is 13.6. The van der Waals surface area contributed by atoms with E-state index >= 15 is 0 Å². The number of carbonyl (C=O) groups is 3. The number of rotatable bonds is 5. The van der Waals surface area contributed by atoms with Crippen molar-refractivity contribution in [3.63, 3.8) is 0 Å². The molecule has 5 nitrogen and oxygen atoms in total. The smallest absolute Gasteiger partial charge is 0.302 e. The Hall–Kier alpha value is -1.14. The maximum Gasteiger partial charge on any atom is 0.302 e. The van der Waals surface area contributed by atoms with Gasteiger partial charge >= 0.3 is 5.97 Å². The Balaban J connectivity index is 1.66. The molecule has 0 aromatic rings. The summed E-state index contributed by atoms with van der Waals surface area (Å²) in [4.78, 5) is 35.9. The third kappa shape index (κ3) is 4.03. The molecule has 0 saturated heterocycles. The van der Waals surface area contributed by atoms with Crippen LogP contribution in [0.25, 0.3) is 0 Å². The molecule has 6 heteroatoms. The predicted octanol–water partition coefficient (Wildman–Crippen LogP) is 5.10. The van der Waals surface area contributed by atoms with E-state index < -0.39 is 5.60 Å². The maximum atomic E-state index is 12.4. The summed E-state index contributed by atoms with van der Waals surface area (Å²) in [7, 11) is 0. The Bertz CT molecular complexity index is 867. The van der Waals surface area contributed by atoms with Gasteiger partial charge in [0.15, 0.2) is 10.9 Å². The van der Waals surface area contributed by atoms with E-state index in [1.54, 1.807) is 6.92 Å². The molecule has 0 aromatic heterocycles. The van der Waals surface area contributed by atoms with Gasteiger partial charge in [-0.05, 0) is 85.5 Å². The standard InChI is InChI=1S/C27H40O5S/c1-16-22-15-19(30)7-11-25(22,4)20-8-12-26(5)21(23(20)24(16)33-18(3)29)9-13-27(26,31)10-6-14-32-17(2)28/h15-16,20-21,23-24,31H,6-14H2,1-5H3/t16-,20+,21+,23-,24-,25-,26+,27+/m1/s1. The SMILES string of the molecule is CC(=O)OCCC[C@]1(O)CC[C@H]2[C@@H]3[C@H](SC(C)=O)[C@H](C)C4=CC(=O)CC[C@]4(C)[C@H]3CC[C@@]21C. The van der Waals surface area contributed by atoms with Gasteiger partial charge in [0.05, 0.1) is 12.2 Å². The van der Waals surface area contributed by atoms with Crippen LogP contribution in [0.15, 0.2) is 11.6 Å². The molecule has 3 saturated carbocycles. The normalized spacial score (nSPS) is 44.4. The molecule has 4 aliphatic rings. The minimum absolute atomic E-state index is 0.00318. The molecule has 0 spiro atoms. The van der Waals surface area contributed by atoms with Gasteiger partial charge in [0.25, 0.3) is 0 Å². The molecule has 4 rings (SSSR count). The average molecular weight is 477 g/mol. The van der Waals surface area contributed by atoms with Gasteiger partial charge in [-0.1, -0.05) is 38.1 Å². The van der Waals surface area contributed by atoms with Crippen molar-refractivity contribution in [1.29, 1.82) is 0 Å². The third-order valence-corrected chi connectivity index (χ3v) is 11.4. The Morgan fingerprint density at radius 2 is 1.85 bits per heavy atom. The van der Waals surface area contributed by atoms with Crippen LogP contribution >= 0.6 is 11.8 Å². The highest BCUT2D eigenvalue weighted by atomic mass is 32.2. The van der Waals surface area contributed by atoms with Gasteiger partial charge in [-0.2, -0.15) is 0 Å². The van der Waals surface area contributed by atoms with E-state index in [9.17, 15) is 19.5 Å². The van der Waals surface area contributed by atoms with Crippen molar-refractivity contribution in [2.75, 3.05) is 6.61 Å². The number of ketones is 1. The predicted molar refractivity (Wildman–Crippen MR) is 130 cm³/mol. The molecule has 0 aromatic carbocycles. The van der Waals surface area contributed by atoms with E-state index in [-0.39, 0.29) is 38.9 Å². The maximum absolute atomic E-state index is 12.4. The van der Waals surface area contributed by atoms with Gasteiger partial charge < -0.3 is 9.84 Å². The van der Waals surface area contributed by atoms with Gasteiger partial charge in [0.1, 0.15) is 0 Å². The van der Waals surface area contributed by atoms with Crippen molar-refractivity contribution in [3.8, 4) is 0 Å². The number of hydrogen-bond donors (Lipinski definition) is 1. The van der Waals surface area contributed by atoms with E-state index in [4.69, 9.17) is 4.74 Å². The van der Waals surface area contributed by atoms with Crippen LogP contribution in [0.4, 0.5) is 0 Å². The lowest BCUT2D eigenvalue weighted by Crippen LogP contribution is -2.59. The van der Waals surface area contributed by atoms with E-state index in [0.717, 1.165) is 32.1 Å². The molecule has 0 heterocycles. The van der Waals surface area contributed by atoms with Crippen molar-refractivity contribution in [3.05, 3.63) is 11.6 Å². The van der Waals surface area contributed by atoms with Crippen LogP contribution in [0, 0.1) is 34.5 Å². The summed E-state index contributed by atoms with van der Waals surface area (Å²) in [5, 5.41) is 12.2. The lowest BCUT2D eigenvalue weighted by Gasteiger charge is -2.62. The highest BCUT2D eigenvalue weighted by Crippen LogP contribution is 2.70. The molecular formula is C27H40O5S. The molecule has 184 valence electrons. The van der Waals surface area contributed by atoms with Crippen molar-refractivity contribution in [2.24, 2.45) is 34.5 Å². The molecule has 8 atom stereocenters. The summed E-state index contributed by atoms with van der Waals surface area (Å²) in [5.74, 6) is 1.26. The molecule has 0 radical (unpaired) electrons. The van der Waals surface area contributed by atoms with Crippen molar-refractivity contribution >= 4 is 28.6 Å². The second-order valence-corrected chi connectivity index (χ2v) is 13.0. The number of aliphatic hydroxyl groups is 1. The topological polar surface area (TPSA) is 80.7 Å². The molecular weight excluding hydrogens is 436 g/mol. The third-order valence-electron chi connectivity index (χ3n) is 10.0. The summed E-state index contributed by atoms with van der Waals surface area (Å²) < 4.78 is 5.13. The molecule has 4 aliphatic carbocycles. The van der Waals surface area contributed by atoms with Crippen LogP contribution in [0.3, 0.4) is 0 Å². The molecule has 33 heavy (non-hydrogen) atoms. The lowest BCUT2D eigenvalue weighted by molar-refractivity contribution is -0.145. The molecule has 0 aliphatic heterocycles. The van der Waals surface area contributed by atoms with Crippen LogP contribution in [-0.2, 0) is 19.1 Å². The number of thioether (sulfide) groups is 1. The summed E-state index contributed by atoms with van der Waals surface area (Å²) in [6.07, 6.45) is 8.45. The zero-order valence-electron chi connectivity index (χ0n) is 20.8. The number of esters is 1. The summed E-state index contributed by atoms with van der Waals surface area (Å²) in [6, 6.07) is 0. The Labute approximate surface area is 202 Å². The fourth-order valence-corrected chi connectivity index (χ4v) is 9.64. The van der Waals surface area contributed by atoms with Gasteiger partial charge in [-0.15, -0.1) is 0 Å². The van der Waals surface area contributed by atoms with Gasteiger partial charge in [-0.25, -0.2) is 0 Å². The Morgan fingerprint density at radius 1 is 1.15 bits per heavy atom. The van der Waals surface area contributed by atoms with Gasteiger partial charge in [0, 0.05) is 25.5 Å². The average Bonchev–Trinajstić information content (AvgIpc) is 3.00. The highest BCUT2D eigenvalue weighted by molar-refractivity contribution is 8.14. The summed E-state index contributed by atoms with van der Waals surface area (Å²) in [6.45, 7) is 10.3. The van der Waals surface area contributed by atoms with Crippen LogP contribution < -0.4 is 0 Å². The van der Waals surface area contributed by atoms with Crippen LogP contribution in [0.5, 0.6) is 0 Å². The lowest BCUT2D eigenvalue weighted by atomic mass is 9.44. The largest absolute Gasteiger partial charge is 0.466 e. The first-order chi connectivity index (χ1) is 15.4. The number of carbonyl (C=O) groups excluding carboxylic acids is 3. The minimum atomic E-state index is -0.767. The summed E-state index contributed by atoms with van der Waals surface area (Å²) in [5.41, 5.74) is 0.291. The van der Waals surface area contributed by atoms with E-state index in [0.29, 0.717) is 43.6 Å². The fraction of sp³-hybridized carbons (Fsp3) is 0.815. The zero-order valence-corrected chi connectivity index (χ0v) is 21.6. The summed E-state index contributed by atoms with van der Waals surface area (Å²) >= 11 is 1.47. The molecule has 3 fully saturated rings. The van der Waals surface area contributed by atoms with Gasteiger partial charge in [0.2, 0.25) is 0 Å². The number of hydrogen-bond acceptors (Lipinski definition) is 6. The Morgan fingerprint density at radius 3 is 2.52 bits per heavy atom. The first kappa shape index (κ1) is 25.0. The van der Waals surface area contributed by atoms with E-state index in [2.05, 4.69) is 20.8 Å². The molecule has 0 bridgehead atoms. The fourth-order valence-electron chi connectivity index (χ4n) is 8.37. The van der Waals surface area contributed by atoms with E-state index in [1.807, 2.05) is 6.08 Å². The minimum Gasteiger partial charge on any atom is -0.466 e. The quantitative estimate of drug-likeness (QED) is 0.439.